The van der Waals surface area contributed by atoms with Crippen LogP contribution in [0.5, 0.6) is 0 Å². The summed E-state index contributed by atoms with van der Waals surface area (Å²) >= 11 is 0. The van der Waals surface area contributed by atoms with Crippen LogP contribution in [0.2, 0.25) is 0 Å². The van der Waals surface area contributed by atoms with Crippen molar-refractivity contribution < 1.29 is 13.2 Å². The van der Waals surface area contributed by atoms with Crippen molar-refractivity contribution >= 4 is 29.9 Å². The molecule has 1 aromatic carbocycles. The van der Waals surface area contributed by atoms with Gasteiger partial charge in [-0.15, -0.1) is 24.0 Å². The fourth-order valence-corrected chi connectivity index (χ4v) is 1.51. The number of nitrogens with zero attached hydrogens (tertiary/aromatic N) is 1. The second-order valence-corrected chi connectivity index (χ2v) is 4.23. The van der Waals surface area contributed by atoms with Gasteiger partial charge in [-0.2, -0.15) is 13.2 Å². The number of guanidine groups is 1. The largest absolute Gasteiger partial charge is 0.416 e. The van der Waals surface area contributed by atoms with Gasteiger partial charge in [0.25, 0.3) is 0 Å². The molecule has 0 saturated heterocycles. The highest BCUT2D eigenvalue weighted by molar-refractivity contribution is 14.0. The molecule has 0 unspecified atom stereocenters. The zero-order valence-electron chi connectivity index (χ0n) is 12.4. The first-order valence-electron chi connectivity index (χ1n) is 6.58. The smallest absolute Gasteiger partial charge is 0.356 e. The summed E-state index contributed by atoms with van der Waals surface area (Å²) < 4.78 is 37.6. The number of benzene rings is 1. The second-order valence-electron chi connectivity index (χ2n) is 4.23. The highest BCUT2D eigenvalue weighted by Crippen LogP contribution is 2.29. The molecule has 3 nitrogen and oxygen atoms in total. The lowest BCUT2D eigenvalue weighted by atomic mass is 10.1. The van der Waals surface area contributed by atoms with Gasteiger partial charge in [0.15, 0.2) is 5.96 Å². The van der Waals surface area contributed by atoms with Crippen LogP contribution in [0.3, 0.4) is 0 Å². The SMILES string of the molecule is CCCNC(=NC)NCC#Cc1cccc(C(F)(F)F)c1.I. The second kappa shape index (κ2) is 10.3. The van der Waals surface area contributed by atoms with E-state index in [2.05, 4.69) is 27.5 Å². The maximum Gasteiger partial charge on any atom is 0.416 e. The summed E-state index contributed by atoms with van der Waals surface area (Å²) in [5, 5.41) is 6.03. The zero-order valence-corrected chi connectivity index (χ0v) is 14.8. The van der Waals surface area contributed by atoms with Crippen LogP contribution in [0.15, 0.2) is 29.3 Å². The quantitative estimate of drug-likeness (QED) is 0.338. The molecule has 0 aliphatic carbocycles. The summed E-state index contributed by atoms with van der Waals surface area (Å²) in [6.07, 6.45) is -3.38. The Morgan fingerprint density at radius 2 is 2.00 bits per heavy atom. The van der Waals surface area contributed by atoms with Gasteiger partial charge in [0.1, 0.15) is 0 Å². The van der Waals surface area contributed by atoms with Gasteiger partial charge in [-0.1, -0.05) is 24.8 Å². The van der Waals surface area contributed by atoms with E-state index in [9.17, 15) is 13.2 Å². The third kappa shape index (κ3) is 7.54. The van der Waals surface area contributed by atoms with Gasteiger partial charge >= 0.3 is 6.18 Å². The molecular formula is C15H19F3IN3. The van der Waals surface area contributed by atoms with Crippen LogP contribution in [0.4, 0.5) is 13.2 Å². The minimum Gasteiger partial charge on any atom is -0.356 e. The first-order valence-corrected chi connectivity index (χ1v) is 6.58. The molecule has 0 bridgehead atoms. The summed E-state index contributed by atoms with van der Waals surface area (Å²) in [5.41, 5.74) is -0.356. The monoisotopic (exact) mass is 425 g/mol. The first-order chi connectivity index (χ1) is 9.97. The molecule has 0 aliphatic heterocycles. The maximum absolute atomic E-state index is 12.5. The molecule has 22 heavy (non-hydrogen) atoms. The van der Waals surface area contributed by atoms with Crippen molar-refractivity contribution in [2.24, 2.45) is 4.99 Å². The lowest BCUT2D eigenvalue weighted by Gasteiger charge is -2.08. The predicted molar refractivity (Wildman–Crippen MR) is 93.4 cm³/mol. The van der Waals surface area contributed by atoms with E-state index in [4.69, 9.17) is 0 Å². The van der Waals surface area contributed by atoms with E-state index in [0.717, 1.165) is 25.1 Å². The summed E-state index contributed by atoms with van der Waals surface area (Å²) in [6.45, 7) is 3.13. The van der Waals surface area contributed by atoms with Crippen LogP contribution in [0.25, 0.3) is 0 Å². The highest BCUT2D eigenvalue weighted by Gasteiger charge is 2.30. The van der Waals surface area contributed by atoms with E-state index in [1.54, 1.807) is 13.1 Å². The lowest BCUT2D eigenvalue weighted by Crippen LogP contribution is -2.37. The highest BCUT2D eigenvalue weighted by atomic mass is 127. The summed E-state index contributed by atoms with van der Waals surface area (Å²) in [4.78, 5) is 3.99. The van der Waals surface area contributed by atoms with Crippen LogP contribution in [0.1, 0.15) is 24.5 Å². The fraction of sp³-hybridized carbons (Fsp3) is 0.400. The van der Waals surface area contributed by atoms with E-state index < -0.39 is 11.7 Å². The number of alkyl halides is 3. The maximum atomic E-state index is 12.5. The van der Waals surface area contributed by atoms with Gasteiger partial charge in [0.05, 0.1) is 12.1 Å². The van der Waals surface area contributed by atoms with Gasteiger partial charge in [-0.3, -0.25) is 4.99 Å². The lowest BCUT2D eigenvalue weighted by molar-refractivity contribution is -0.137. The van der Waals surface area contributed by atoms with Crippen LogP contribution in [-0.2, 0) is 6.18 Å². The van der Waals surface area contributed by atoms with E-state index >= 15 is 0 Å². The van der Waals surface area contributed by atoms with E-state index in [1.807, 2.05) is 6.92 Å². The number of nitrogens with one attached hydrogen (secondary N) is 2. The first kappa shape index (κ1) is 20.6. The van der Waals surface area contributed by atoms with Gasteiger partial charge in [-0.05, 0) is 24.6 Å². The van der Waals surface area contributed by atoms with Crippen LogP contribution >= 0.6 is 24.0 Å². The Labute approximate surface area is 145 Å². The van der Waals surface area contributed by atoms with Gasteiger partial charge in [0.2, 0.25) is 0 Å². The average Bonchev–Trinajstić information content (AvgIpc) is 2.46. The van der Waals surface area contributed by atoms with Crippen molar-refractivity contribution in [2.45, 2.75) is 19.5 Å². The van der Waals surface area contributed by atoms with Gasteiger partial charge < -0.3 is 10.6 Å². The Morgan fingerprint density at radius 3 is 2.59 bits per heavy atom. The average molecular weight is 425 g/mol. The number of aliphatic imine (C=N–C) groups is 1. The normalized spacial score (nSPS) is 11.0. The van der Waals surface area contributed by atoms with Crippen LogP contribution in [-0.4, -0.2) is 26.1 Å². The number of hydrogen-bond donors (Lipinski definition) is 2. The van der Waals surface area contributed by atoms with E-state index in [0.29, 0.717) is 18.1 Å². The third-order valence-corrected chi connectivity index (χ3v) is 2.53. The molecule has 0 atom stereocenters. The Kier molecular flexibility index (Phi) is 9.65. The predicted octanol–water partition coefficient (Wildman–Crippen LogP) is 3.25. The summed E-state index contributed by atoms with van der Waals surface area (Å²) in [6, 6.07) is 4.96. The Hall–Kier alpha value is -1.43. The van der Waals surface area contributed by atoms with Gasteiger partial charge in [-0.25, -0.2) is 0 Å². The van der Waals surface area contributed by atoms with E-state index in [-0.39, 0.29) is 24.0 Å². The third-order valence-electron chi connectivity index (χ3n) is 2.53. The van der Waals surface area contributed by atoms with Crippen molar-refractivity contribution in [1.29, 1.82) is 0 Å². The number of halogens is 4. The minimum atomic E-state index is -4.35. The Morgan fingerprint density at radius 1 is 1.27 bits per heavy atom. The molecule has 0 aromatic heterocycles. The molecule has 0 fully saturated rings. The fourth-order valence-electron chi connectivity index (χ4n) is 1.51. The van der Waals surface area contributed by atoms with Crippen molar-refractivity contribution in [2.75, 3.05) is 20.1 Å². The van der Waals surface area contributed by atoms with E-state index in [1.165, 1.54) is 6.07 Å². The summed E-state index contributed by atoms with van der Waals surface area (Å²) in [5.74, 6) is 6.09. The van der Waals surface area contributed by atoms with Crippen molar-refractivity contribution in [3.8, 4) is 11.8 Å². The molecule has 1 rings (SSSR count). The molecular weight excluding hydrogens is 406 g/mol. The molecule has 1 aromatic rings. The molecule has 0 heterocycles. The Bertz CT molecular complexity index is 545. The van der Waals surface area contributed by atoms with Crippen molar-refractivity contribution in [3.05, 3.63) is 35.4 Å². The number of rotatable bonds is 3. The molecule has 7 heteroatoms. The molecule has 0 aliphatic rings. The standard InChI is InChI=1S/C15H18F3N3.HI/c1-3-9-20-14(19-2)21-10-5-7-12-6-4-8-13(11-12)15(16,17)18;/h4,6,8,11H,3,9-10H2,1-2H3,(H2,19,20,21);1H. The van der Waals surface area contributed by atoms with Crippen molar-refractivity contribution in [3.63, 3.8) is 0 Å². The topological polar surface area (TPSA) is 36.4 Å². The van der Waals surface area contributed by atoms with Gasteiger partial charge in [0, 0.05) is 19.2 Å². The minimum absolute atomic E-state index is 0. The van der Waals surface area contributed by atoms with Crippen LogP contribution < -0.4 is 10.6 Å². The van der Waals surface area contributed by atoms with Crippen molar-refractivity contribution in [1.82, 2.24) is 10.6 Å². The summed E-state index contributed by atoms with van der Waals surface area (Å²) in [7, 11) is 1.64. The molecule has 2 N–H and O–H groups in total. The molecule has 122 valence electrons. The molecule has 0 spiro atoms. The zero-order chi connectivity index (χ0) is 15.7. The Balaban J connectivity index is 0.00000441. The molecule has 0 amide bonds. The molecule has 0 saturated carbocycles. The molecule has 0 radical (unpaired) electrons. The number of hydrogen-bond acceptors (Lipinski definition) is 1. The van der Waals surface area contributed by atoms with Crippen LogP contribution in [0, 0.1) is 11.8 Å².